The molecule has 1 aromatic rings. The highest BCUT2D eigenvalue weighted by atomic mass is 32.2. The molecule has 0 saturated carbocycles. The van der Waals surface area contributed by atoms with E-state index in [1.165, 1.54) is 4.31 Å². The summed E-state index contributed by atoms with van der Waals surface area (Å²) in [7, 11) is 0.472. The normalized spacial score (nSPS) is 15.1. The van der Waals surface area contributed by atoms with Crippen LogP contribution in [0.5, 0.6) is 5.75 Å². The standard InChI is InChI=1S/C18H30N4O3S2/c1-4-25-16-9-8-15(20-18(26)19-10-7-11-21(2)3)14-17(16)27(23,24)22-12-5-6-13-22/h8-9,14H,4-7,10-13H2,1-3H3,(H2,19,20,26). The summed E-state index contributed by atoms with van der Waals surface area (Å²) in [6, 6.07) is 5.07. The number of hydrogen-bond acceptors (Lipinski definition) is 5. The van der Waals surface area contributed by atoms with Crippen LogP contribution in [0, 0.1) is 0 Å². The maximum atomic E-state index is 13.0. The summed E-state index contributed by atoms with van der Waals surface area (Å²) in [5.74, 6) is 0.375. The van der Waals surface area contributed by atoms with Crippen LogP contribution >= 0.6 is 12.2 Å². The van der Waals surface area contributed by atoms with Gasteiger partial charge in [-0.05, 0) is 77.2 Å². The number of nitrogens with one attached hydrogen (secondary N) is 2. The number of anilines is 1. The van der Waals surface area contributed by atoms with Crippen LogP contribution in [0.1, 0.15) is 26.2 Å². The molecule has 0 amide bonds. The highest BCUT2D eigenvalue weighted by Crippen LogP contribution is 2.31. The van der Waals surface area contributed by atoms with E-state index in [0.717, 1.165) is 32.4 Å². The molecule has 0 bridgehead atoms. The van der Waals surface area contributed by atoms with Crippen molar-refractivity contribution in [1.29, 1.82) is 0 Å². The largest absolute Gasteiger partial charge is 0.492 e. The Balaban J connectivity index is 2.11. The molecule has 7 nitrogen and oxygen atoms in total. The summed E-state index contributed by atoms with van der Waals surface area (Å²) in [5, 5.41) is 6.69. The predicted molar refractivity (Wildman–Crippen MR) is 113 cm³/mol. The average Bonchev–Trinajstić information content (AvgIpc) is 3.15. The SMILES string of the molecule is CCOc1ccc(NC(=S)NCCCN(C)C)cc1S(=O)(=O)N1CCCC1. The summed E-state index contributed by atoms with van der Waals surface area (Å²) in [6.07, 6.45) is 2.75. The van der Waals surface area contributed by atoms with Crippen LogP contribution in [-0.4, -0.2) is 69.6 Å². The molecule has 0 spiro atoms. The zero-order chi connectivity index (χ0) is 19.9. The van der Waals surface area contributed by atoms with Crippen molar-refractivity contribution in [2.24, 2.45) is 0 Å². The van der Waals surface area contributed by atoms with Crippen LogP contribution in [0.2, 0.25) is 0 Å². The summed E-state index contributed by atoms with van der Waals surface area (Å²) in [6.45, 7) is 5.07. The molecule has 1 aliphatic rings. The minimum Gasteiger partial charge on any atom is -0.492 e. The zero-order valence-corrected chi connectivity index (χ0v) is 18.0. The van der Waals surface area contributed by atoms with Gasteiger partial charge in [-0.2, -0.15) is 4.31 Å². The average molecular weight is 415 g/mol. The molecule has 1 saturated heterocycles. The molecule has 0 unspecified atom stereocenters. The van der Waals surface area contributed by atoms with Crippen LogP contribution in [0.25, 0.3) is 0 Å². The van der Waals surface area contributed by atoms with E-state index in [1.807, 2.05) is 21.0 Å². The Hall–Kier alpha value is -1.42. The van der Waals surface area contributed by atoms with Crippen molar-refractivity contribution in [1.82, 2.24) is 14.5 Å². The van der Waals surface area contributed by atoms with Crippen molar-refractivity contribution in [2.45, 2.75) is 31.1 Å². The van der Waals surface area contributed by atoms with E-state index in [0.29, 0.717) is 36.2 Å². The summed E-state index contributed by atoms with van der Waals surface area (Å²) in [4.78, 5) is 2.30. The number of thiocarbonyl (C=S) groups is 1. The Labute approximate surface area is 168 Å². The monoisotopic (exact) mass is 414 g/mol. The van der Waals surface area contributed by atoms with Gasteiger partial charge in [0.2, 0.25) is 10.0 Å². The molecule has 0 radical (unpaired) electrons. The van der Waals surface area contributed by atoms with Crippen LogP contribution in [0.15, 0.2) is 23.1 Å². The number of benzene rings is 1. The van der Waals surface area contributed by atoms with Gasteiger partial charge in [-0.25, -0.2) is 8.42 Å². The van der Waals surface area contributed by atoms with Gasteiger partial charge in [-0.3, -0.25) is 0 Å². The molecule has 1 heterocycles. The van der Waals surface area contributed by atoms with Crippen molar-refractivity contribution in [2.75, 3.05) is 52.2 Å². The van der Waals surface area contributed by atoms with E-state index >= 15 is 0 Å². The fourth-order valence-corrected chi connectivity index (χ4v) is 4.80. The fraction of sp³-hybridized carbons (Fsp3) is 0.611. The molecule has 152 valence electrons. The topological polar surface area (TPSA) is 73.9 Å². The number of sulfonamides is 1. The van der Waals surface area contributed by atoms with Gasteiger partial charge >= 0.3 is 0 Å². The molecule has 1 aliphatic heterocycles. The van der Waals surface area contributed by atoms with Crippen molar-refractivity contribution in [3.63, 3.8) is 0 Å². The first-order valence-electron chi connectivity index (χ1n) is 9.31. The number of nitrogens with zero attached hydrogens (tertiary/aromatic N) is 2. The second kappa shape index (κ2) is 10.2. The second-order valence-electron chi connectivity index (χ2n) is 6.74. The van der Waals surface area contributed by atoms with Crippen LogP contribution in [0.4, 0.5) is 5.69 Å². The van der Waals surface area contributed by atoms with E-state index in [-0.39, 0.29) is 4.90 Å². The molecule has 0 atom stereocenters. The second-order valence-corrected chi connectivity index (χ2v) is 9.06. The first-order chi connectivity index (χ1) is 12.8. The van der Waals surface area contributed by atoms with Gasteiger partial charge in [0, 0.05) is 25.3 Å². The van der Waals surface area contributed by atoms with E-state index < -0.39 is 10.0 Å². The third kappa shape index (κ3) is 6.31. The maximum absolute atomic E-state index is 13.0. The van der Waals surface area contributed by atoms with Crippen molar-refractivity contribution >= 4 is 33.0 Å². The predicted octanol–water partition coefficient (Wildman–Crippen LogP) is 2.11. The molecule has 27 heavy (non-hydrogen) atoms. The summed E-state index contributed by atoms with van der Waals surface area (Å²) in [5.41, 5.74) is 0.626. The van der Waals surface area contributed by atoms with Gasteiger partial charge < -0.3 is 20.3 Å². The van der Waals surface area contributed by atoms with Gasteiger partial charge in [0.15, 0.2) is 5.11 Å². The first kappa shape index (κ1) is 21.9. The molecular formula is C18H30N4O3S2. The minimum atomic E-state index is -3.58. The lowest BCUT2D eigenvalue weighted by Crippen LogP contribution is -2.31. The lowest BCUT2D eigenvalue weighted by atomic mass is 10.3. The van der Waals surface area contributed by atoms with Gasteiger partial charge in [0.05, 0.1) is 6.61 Å². The van der Waals surface area contributed by atoms with Crippen molar-refractivity contribution in [3.8, 4) is 5.75 Å². The molecule has 9 heteroatoms. The lowest BCUT2D eigenvalue weighted by molar-refractivity contribution is 0.330. The third-order valence-corrected chi connectivity index (χ3v) is 6.42. The lowest BCUT2D eigenvalue weighted by Gasteiger charge is -2.19. The summed E-state index contributed by atoms with van der Waals surface area (Å²) >= 11 is 5.32. The Morgan fingerprint density at radius 1 is 1.30 bits per heavy atom. The quantitative estimate of drug-likeness (QED) is 0.473. The Bertz CT molecular complexity index is 732. The number of rotatable bonds is 9. The van der Waals surface area contributed by atoms with E-state index in [4.69, 9.17) is 17.0 Å². The number of hydrogen-bond donors (Lipinski definition) is 2. The molecule has 2 N–H and O–H groups in total. The third-order valence-electron chi connectivity index (χ3n) is 4.25. The van der Waals surface area contributed by atoms with Gasteiger partial charge in [-0.15, -0.1) is 0 Å². The fourth-order valence-electron chi connectivity index (χ4n) is 2.90. The smallest absolute Gasteiger partial charge is 0.246 e. The van der Waals surface area contributed by atoms with Crippen molar-refractivity contribution in [3.05, 3.63) is 18.2 Å². The zero-order valence-electron chi connectivity index (χ0n) is 16.3. The van der Waals surface area contributed by atoms with Crippen molar-refractivity contribution < 1.29 is 13.2 Å². The summed E-state index contributed by atoms with van der Waals surface area (Å²) < 4.78 is 33.1. The molecule has 0 aliphatic carbocycles. The Morgan fingerprint density at radius 2 is 2.00 bits per heavy atom. The molecule has 1 fully saturated rings. The Kier molecular flexibility index (Phi) is 8.28. The van der Waals surface area contributed by atoms with E-state index in [9.17, 15) is 8.42 Å². The highest BCUT2D eigenvalue weighted by molar-refractivity contribution is 7.89. The molecule has 2 rings (SSSR count). The molecule has 0 aromatic heterocycles. The van der Waals surface area contributed by atoms with E-state index in [1.54, 1.807) is 18.2 Å². The highest BCUT2D eigenvalue weighted by Gasteiger charge is 2.30. The first-order valence-corrected chi connectivity index (χ1v) is 11.2. The van der Waals surface area contributed by atoms with Gasteiger partial charge in [0.1, 0.15) is 10.6 Å². The van der Waals surface area contributed by atoms with Gasteiger partial charge in [-0.1, -0.05) is 0 Å². The van der Waals surface area contributed by atoms with Crippen LogP contribution < -0.4 is 15.4 Å². The number of ether oxygens (including phenoxy) is 1. The van der Waals surface area contributed by atoms with Crippen LogP contribution in [0.3, 0.4) is 0 Å². The maximum Gasteiger partial charge on any atom is 0.246 e. The molecular weight excluding hydrogens is 384 g/mol. The Morgan fingerprint density at radius 3 is 2.63 bits per heavy atom. The molecule has 1 aromatic carbocycles. The van der Waals surface area contributed by atoms with Gasteiger partial charge in [0.25, 0.3) is 0 Å². The van der Waals surface area contributed by atoms with E-state index in [2.05, 4.69) is 15.5 Å². The van der Waals surface area contributed by atoms with Crippen LogP contribution in [-0.2, 0) is 10.0 Å². The minimum absolute atomic E-state index is 0.187.